The zero-order valence-corrected chi connectivity index (χ0v) is 7.77. The third-order valence-electron chi connectivity index (χ3n) is 1.45. The van der Waals surface area contributed by atoms with Gasteiger partial charge < -0.3 is 0 Å². The summed E-state index contributed by atoms with van der Waals surface area (Å²) in [5, 5.41) is 0. The molecule has 11 heavy (non-hydrogen) atoms. The number of allylic oxidation sites excluding steroid dienone is 4. The second kappa shape index (κ2) is 4.89. The standard InChI is InChI=1S/C10H16O/c1-5-10(9(4)11)7-6-8(2)3/h6-7H,5H2,1-4H3/b10-7+. The van der Waals surface area contributed by atoms with Crippen molar-refractivity contribution < 1.29 is 4.79 Å². The van der Waals surface area contributed by atoms with Crippen LogP contribution in [0, 0.1) is 0 Å². The molecule has 0 aromatic rings. The van der Waals surface area contributed by atoms with E-state index in [-0.39, 0.29) is 5.78 Å². The molecule has 0 bridgehead atoms. The SMILES string of the molecule is CC/C(=C\C=C(C)C)C(C)=O. The van der Waals surface area contributed by atoms with Gasteiger partial charge in [-0.1, -0.05) is 24.6 Å². The third-order valence-corrected chi connectivity index (χ3v) is 1.45. The molecule has 0 atom stereocenters. The van der Waals surface area contributed by atoms with Gasteiger partial charge in [-0.25, -0.2) is 0 Å². The normalized spacial score (nSPS) is 11.1. The summed E-state index contributed by atoms with van der Waals surface area (Å²) >= 11 is 0. The second-order valence-electron chi connectivity index (χ2n) is 2.85. The fourth-order valence-electron chi connectivity index (χ4n) is 0.751. The molecule has 1 nitrogen and oxygen atoms in total. The minimum atomic E-state index is 0.171. The van der Waals surface area contributed by atoms with E-state index >= 15 is 0 Å². The highest BCUT2D eigenvalue weighted by Gasteiger charge is 1.97. The minimum absolute atomic E-state index is 0.171. The van der Waals surface area contributed by atoms with E-state index in [1.165, 1.54) is 5.57 Å². The maximum atomic E-state index is 10.9. The molecule has 0 aliphatic heterocycles. The first kappa shape index (κ1) is 10.2. The fraction of sp³-hybridized carbons (Fsp3) is 0.500. The molecule has 0 aliphatic carbocycles. The van der Waals surface area contributed by atoms with Gasteiger partial charge >= 0.3 is 0 Å². The molecular weight excluding hydrogens is 136 g/mol. The van der Waals surface area contributed by atoms with Crippen LogP contribution in [0.25, 0.3) is 0 Å². The second-order valence-corrected chi connectivity index (χ2v) is 2.85. The highest BCUT2D eigenvalue weighted by Crippen LogP contribution is 2.03. The first-order chi connectivity index (χ1) is 5.07. The van der Waals surface area contributed by atoms with Crippen LogP contribution in [0.15, 0.2) is 23.3 Å². The van der Waals surface area contributed by atoms with E-state index in [0.717, 1.165) is 12.0 Å². The highest BCUT2D eigenvalue weighted by atomic mass is 16.1. The summed E-state index contributed by atoms with van der Waals surface area (Å²) in [6.45, 7) is 7.63. The van der Waals surface area contributed by atoms with Gasteiger partial charge in [0, 0.05) is 0 Å². The molecule has 0 unspecified atom stereocenters. The van der Waals surface area contributed by atoms with Gasteiger partial charge in [0.1, 0.15) is 0 Å². The van der Waals surface area contributed by atoms with E-state index in [1.54, 1.807) is 6.92 Å². The Balaban J connectivity index is 4.37. The summed E-state index contributed by atoms with van der Waals surface area (Å²) in [5.41, 5.74) is 2.11. The molecular formula is C10H16O. The lowest BCUT2D eigenvalue weighted by molar-refractivity contribution is -0.113. The molecule has 0 spiro atoms. The molecule has 0 N–H and O–H groups in total. The number of Topliss-reactive ketones (excluding diaryl/α,β-unsaturated/α-hetero) is 1. The Bertz CT molecular complexity index is 193. The average molecular weight is 152 g/mol. The molecule has 0 rings (SSSR count). The van der Waals surface area contributed by atoms with Crippen molar-refractivity contribution in [2.24, 2.45) is 0 Å². The van der Waals surface area contributed by atoms with Crippen molar-refractivity contribution in [2.45, 2.75) is 34.1 Å². The van der Waals surface area contributed by atoms with Crippen LogP contribution in [0.4, 0.5) is 0 Å². The summed E-state index contributed by atoms with van der Waals surface area (Å²) in [6, 6.07) is 0. The van der Waals surface area contributed by atoms with Gasteiger partial charge in [-0.3, -0.25) is 4.79 Å². The Morgan fingerprint density at radius 1 is 1.18 bits per heavy atom. The average Bonchev–Trinajstić information content (AvgIpc) is 1.87. The Morgan fingerprint density at radius 2 is 1.73 bits per heavy atom. The van der Waals surface area contributed by atoms with E-state index < -0.39 is 0 Å². The van der Waals surface area contributed by atoms with Crippen LogP contribution in [-0.4, -0.2) is 5.78 Å². The van der Waals surface area contributed by atoms with Crippen LogP contribution < -0.4 is 0 Å². The highest BCUT2D eigenvalue weighted by molar-refractivity contribution is 5.93. The molecule has 0 fully saturated rings. The van der Waals surface area contributed by atoms with Crippen LogP contribution in [0.2, 0.25) is 0 Å². The van der Waals surface area contributed by atoms with Crippen molar-refractivity contribution in [3.05, 3.63) is 23.3 Å². The molecule has 62 valence electrons. The number of rotatable bonds is 3. The van der Waals surface area contributed by atoms with Crippen molar-refractivity contribution >= 4 is 5.78 Å². The molecule has 0 aromatic carbocycles. The lowest BCUT2D eigenvalue weighted by Crippen LogP contribution is -1.93. The summed E-state index contributed by atoms with van der Waals surface area (Å²) in [5.74, 6) is 0.171. The van der Waals surface area contributed by atoms with E-state index in [9.17, 15) is 4.79 Å². The van der Waals surface area contributed by atoms with Crippen molar-refractivity contribution in [3.8, 4) is 0 Å². The van der Waals surface area contributed by atoms with E-state index in [0.29, 0.717) is 0 Å². The van der Waals surface area contributed by atoms with Crippen LogP contribution in [-0.2, 0) is 4.79 Å². The molecule has 0 aliphatic rings. The predicted octanol–water partition coefficient (Wildman–Crippen LogP) is 2.88. The van der Waals surface area contributed by atoms with Crippen LogP contribution in [0.5, 0.6) is 0 Å². The van der Waals surface area contributed by atoms with Crippen LogP contribution in [0.3, 0.4) is 0 Å². The van der Waals surface area contributed by atoms with Crippen molar-refractivity contribution in [1.82, 2.24) is 0 Å². The van der Waals surface area contributed by atoms with Crippen molar-refractivity contribution in [1.29, 1.82) is 0 Å². The monoisotopic (exact) mass is 152 g/mol. The summed E-state index contributed by atoms with van der Waals surface area (Å²) in [7, 11) is 0. The molecule has 0 saturated heterocycles. The van der Waals surface area contributed by atoms with E-state index in [4.69, 9.17) is 0 Å². The first-order valence-corrected chi connectivity index (χ1v) is 3.93. The number of carbonyl (C=O) groups is 1. The molecule has 0 aromatic heterocycles. The summed E-state index contributed by atoms with van der Waals surface area (Å²) in [6.07, 6.45) is 4.69. The molecule has 0 amide bonds. The lowest BCUT2D eigenvalue weighted by atomic mass is 10.1. The predicted molar refractivity (Wildman–Crippen MR) is 48.5 cm³/mol. The molecule has 0 saturated carbocycles. The number of hydrogen-bond acceptors (Lipinski definition) is 1. The number of carbonyl (C=O) groups excluding carboxylic acids is 1. The van der Waals surface area contributed by atoms with Gasteiger partial charge in [0.25, 0.3) is 0 Å². The van der Waals surface area contributed by atoms with Gasteiger partial charge in [-0.05, 0) is 32.8 Å². The van der Waals surface area contributed by atoms with Gasteiger partial charge in [-0.15, -0.1) is 0 Å². The van der Waals surface area contributed by atoms with Crippen molar-refractivity contribution in [2.75, 3.05) is 0 Å². The largest absolute Gasteiger partial charge is 0.295 e. The third kappa shape index (κ3) is 4.54. The Kier molecular flexibility index (Phi) is 4.51. The quantitative estimate of drug-likeness (QED) is 0.449. The molecule has 0 radical (unpaired) electrons. The summed E-state index contributed by atoms with van der Waals surface area (Å²) in [4.78, 5) is 10.9. The van der Waals surface area contributed by atoms with Gasteiger partial charge in [0.15, 0.2) is 5.78 Å². The first-order valence-electron chi connectivity index (χ1n) is 3.93. The van der Waals surface area contributed by atoms with Gasteiger partial charge in [-0.2, -0.15) is 0 Å². The fourth-order valence-corrected chi connectivity index (χ4v) is 0.751. The van der Waals surface area contributed by atoms with Gasteiger partial charge in [0.05, 0.1) is 0 Å². The topological polar surface area (TPSA) is 17.1 Å². The number of ketones is 1. The minimum Gasteiger partial charge on any atom is -0.295 e. The van der Waals surface area contributed by atoms with Crippen LogP contribution >= 0.6 is 0 Å². The zero-order valence-electron chi connectivity index (χ0n) is 7.77. The molecule has 1 heteroatoms. The zero-order chi connectivity index (χ0) is 8.85. The van der Waals surface area contributed by atoms with E-state index in [1.807, 2.05) is 32.9 Å². The maximum Gasteiger partial charge on any atom is 0.155 e. The number of hydrogen-bond donors (Lipinski definition) is 0. The Labute approximate surface area is 68.8 Å². The maximum absolute atomic E-state index is 10.9. The smallest absolute Gasteiger partial charge is 0.155 e. The lowest BCUT2D eigenvalue weighted by Gasteiger charge is -1.95. The Morgan fingerprint density at radius 3 is 2.00 bits per heavy atom. The van der Waals surface area contributed by atoms with Crippen LogP contribution in [0.1, 0.15) is 34.1 Å². The summed E-state index contributed by atoms with van der Waals surface area (Å²) < 4.78 is 0. The van der Waals surface area contributed by atoms with E-state index in [2.05, 4.69) is 0 Å². The van der Waals surface area contributed by atoms with Gasteiger partial charge in [0.2, 0.25) is 0 Å². The molecule has 0 heterocycles. The Hall–Kier alpha value is -0.850. The van der Waals surface area contributed by atoms with Crippen molar-refractivity contribution in [3.63, 3.8) is 0 Å².